The maximum absolute atomic E-state index is 4.88. The van der Waals surface area contributed by atoms with E-state index in [9.17, 15) is 0 Å². The first-order valence-corrected chi connectivity index (χ1v) is 12.7. The number of imidazole rings is 1. The summed E-state index contributed by atoms with van der Waals surface area (Å²) in [7, 11) is 0. The SMILES string of the molecule is CCCCn1c(CN(CCc2ccccc2)Cc2ccc(CC)cc2)cnc1-c1ccccc1. The fourth-order valence-electron chi connectivity index (χ4n) is 4.43. The second-order valence-electron chi connectivity index (χ2n) is 9.06. The summed E-state index contributed by atoms with van der Waals surface area (Å²) < 4.78 is 2.44. The van der Waals surface area contributed by atoms with E-state index in [1.54, 1.807) is 0 Å². The average molecular weight is 452 g/mol. The van der Waals surface area contributed by atoms with Gasteiger partial charge in [0.25, 0.3) is 0 Å². The molecule has 34 heavy (non-hydrogen) atoms. The molecule has 0 N–H and O–H groups in total. The third-order valence-electron chi connectivity index (χ3n) is 6.49. The number of hydrogen-bond donors (Lipinski definition) is 0. The molecule has 0 bridgehead atoms. The van der Waals surface area contributed by atoms with E-state index in [4.69, 9.17) is 4.98 Å². The molecule has 0 saturated carbocycles. The largest absolute Gasteiger partial charge is 0.327 e. The molecule has 0 aliphatic rings. The van der Waals surface area contributed by atoms with Gasteiger partial charge >= 0.3 is 0 Å². The summed E-state index contributed by atoms with van der Waals surface area (Å²) in [6, 6.07) is 30.5. The van der Waals surface area contributed by atoms with Crippen LogP contribution in [0.3, 0.4) is 0 Å². The summed E-state index contributed by atoms with van der Waals surface area (Å²) in [6.45, 7) is 8.32. The summed E-state index contributed by atoms with van der Waals surface area (Å²) in [5.74, 6) is 1.08. The molecule has 4 aromatic rings. The summed E-state index contributed by atoms with van der Waals surface area (Å²) >= 11 is 0. The van der Waals surface area contributed by atoms with Gasteiger partial charge in [-0.3, -0.25) is 4.90 Å². The van der Waals surface area contributed by atoms with Gasteiger partial charge in [-0.1, -0.05) is 105 Å². The maximum Gasteiger partial charge on any atom is 0.140 e. The molecule has 0 radical (unpaired) electrons. The first-order valence-electron chi connectivity index (χ1n) is 12.7. The number of rotatable bonds is 12. The smallest absolute Gasteiger partial charge is 0.140 e. The molecule has 0 atom stereocenters. The average Bonchev–Trinajstić information content (AvgIpc) is 3.29. The van der Waals surface area contributed by atoms with E-state index in [0.29, 0.717) is 0 Å². The van der Waals surface area contributed by atoms with Gasteiger partial charge in [0.15, 0.2) is 0 Å². The first kappa shape index (κ1) is 24.0. The van der Waals surface area contributed by atoms with Crippen molar-refractivity contribution >= 4 is 0 Å². The normalized spacial score (nSPS) is 11.3. The lowest BCUT2D eigenvalue weighted by molar-refractivity contribution is 0.253. The summed E-state index contributed by atoms with van der Waals surface area (Å²) in [5.41, 5.74) is 6.64. The molecule has 3 nitrogen and oxygen atoms in total. The second kappa shape index (κ2) is 12.3. The van der Waals surface area contributed by atoms with Crippen LogP contribution in [0.15, 0.2) is 91.1 Å². The van der Waals surface area contributed by atoms with Crippen molar-refractivity contribution in [3.63, 3.8) is 0 Å². The minimum atomic E-state index is 0.895. The van der Waals surface area contributed by atoms with Crippen LogP contribution in [-0.4, -0.2) is 21.0 Å². The van der Waals surface area contributed by atoms with Gasteiger partial charge in [-0.05, 0) is 36.0 Å². The Labute approximate surface area is 205 Å². The predicted octanol–water partition coefficient (Wildman–Crippen LogP) is 7.16. The number of benzene rings is 3. The van der Waals surface area contributed by atoms with Crippen LogP contribution in [0, 0.1) is 0 Å². The Kier molecular flexibility index (Phi) is 8.70. The molecular formula is C31H37N3. The van der Waals surface area contributed by atoms with Crippen LogP contribution >= 0.6 is 0 Å². The Morgan fingerprint density at radius 1 is 0.735 bits per heavy atom. The third kappa shape index (κ3) is 6.45. The zero-order valence-electron chi connectivity index (χ0n) is 20.7. The van der Waals surface area contributed by atoms with Gasteiger partial charge in [0.2, 0.25) is 0 Å². The number of aromatic nitrogens is 2. The number of aryl methyl sites for hydroxylation is 1. The molecule has 0 saturated heterocycles. The van der Waals surface area contributed by atoms with Crippen LogP contribution in [0.5, 0.6) is 0 Å². The van der Waals surface area contributed by atoms with Crippen molar-refractivity contribution in [3.8, 4) is 11.4 Å². The lowest BCUT2D eigenvalue weighted by Gasteiger charge is -2.24. The van der Waals surface area contributed by atoms with Crippen molar-refractivity contribution in [1.82, 2.24) is 14.5 Å². The molecule has 0 spiro atoms. The van der Waals surface area contributed by atoms with Gasteiger partial charge in [0.05, 0.1) is 11.9 Å². The first-order chi connectivity index (χ1) is 16.8. The van der Waals surface area contributed by atoms with Gasteiger partial charge in [-0.25, -0.2) is 4.98 Å². The molecule has 1 heterocycles. The fourth-order valence-corrected chi connectivity index (χ4v) is 4.43. The van der Waals surface area contributed by atoms with Gasteiger partial charge < -0.3 is 4.57 Å². The quantitative estimate of drug-likeness (QED) is 0.228. The van der Waals surface area contributed by atoms with E-state index >= 15 is 0 Å². The van der Waals surface area contributed by atoms with E-state index < -0.39 is 0 Å². The van der Waals surface area contributed by atoms with Crippen LogP contribution in [0.2, 0.25) is 0 Å². The molecule has 3 heteroatoms. The molecule has 4 rings (SSSR count). The van der Waals surface area contributed by atoms with Crippen molar-refractivity contribution < 1.29 is 0 Å². The van der Waals surface area contributed by atoms with Crippen LogP contribution in [-0.2, 0) is 32.5 Å². The third-order valence-corrected chi connectivity index (χ3v) is 6.49. The Morgan fingerprint density at radius 3 is 2.09 bits per heavy atom. The monoisotopic (exact) mass is 451 g/mol. The molecular weight excluding hydrogens is 414 g/mol. The molecule has 1 aromatic heterocycles. The standard InChI is InChI=1S/C31H37N3/c1-3-5-21-34-30(23-32-31(34)29-14-10-7-11-15-29)25-33(22-20-27-12-8-6-9-13-27)24-28-18-16-26(4-2)17-19-28/h6-19,23H,3-5,20-22,24-25H2,1-2H3. The molecule has 0 aliphatic heterocycles. The summed E-state index contributed by atoms with van der Waals surface area (Å²) in [5, 5.41) is 0. The minimum Gasteiger partial charge on any atom is -0.327 e. The zero-order chi connectivity index (χ0) is 23.6. The second-order valence-corrected chi connectivity index (χ2v) is 9.06. The Bertz CT molecular complexity index is 1110. The Morgan fingerprint density at radius 2 is 1.41 bits per heavy atom. The van der Waals surface area contributed by atoms with Gasteiger partial charge in [0, 0.05) is 31.7 Å². The highest BCUT2D eigenvalue weighted by Gasteiger charge is 2.15. The molecule has 0 aliphatic carbocycles. The van der Waals surface area contributed by atoms with Crippen LogP contribution in [0.1, 0.15) is 49.1 Å². The highest BCUT2D eigenvalue weighted by molar-refractivity contribution is 5.55. The maximum atomic E-state index is 4.88. The number of nitrogens with zero attached hydrogens (tertiary/aromatic N) is 3. The van der Waals surface area contributed by atoms with Gasteiger partial charge in [-0.2, -0.15) is 0 Å². The molecule has 0 unspecified atom stereocenters. The molecule has 3 aromatic carbocycles. The van der Waals surface area contributed by atoms with Crippen LogP contribution in [0.4, 0.5) is 0 Å². The van der Waals surface area contributed by atoms with E-state index in [1.807, 2.05) is 0 Å². The van der Waals surface area contributed by atoms with Gasteiger partial charge in [0.1, 0.15) is 5.82 Å². The van der Waals surface area contributed by atoms with E-state index in [0.717, 1.165) is 51.3 Å². The highest BCUT2D eigenvalue weighted by atomic mass is 15.2. The Hall–Kier alpha value is -3.17. The number of unbranched alkanes of at least 4 members (excludes halogenated alkanes) is 1. The zero-order valence-corrected chi connectivity index (χ0v) is 20.7. The number of hydrogen-bond acceptors (Lipinski definition) is 2. The van der Waals surface area contributed by atoms with Gasteiger partial charge in [-0.15, -0.1) is 0 Å². The summed E-state index contributed by atoms with van der Waals surface area (Å²) in [6.07, 6.45) is 6.55. The van der Waals surface area contributed by atoms with Crippen LogP contribution in [0.25, 0.3) is 11.4 Å². The highest BCUT2D eigenvalue weighted by Crippen LogP contribution is 2.22. The molecule has 0 fully saturated rings. The molecule has 176 valence electrons. The lowest BCUT2D eigenvalue weighted by atomic mass is 10.1. The fraction of sp³-hybridized carbons (Fsp3) is 0.323. The lowest BCUT2D eigenvalue weighted by Crippen LogP contribution is -2.26. The van der Waals surface area contributed by atoms with E-state index in [2.05, 4.69) is 114 Å². The summed E-state index contributed by atoms with van der Waals surface area (Å²) in [4.78, 5) is 7.45. The van der Waals surface area contributed by atoms with Crippen molar-refractivity contribution in [2.24, 2.45) is 0 Å². The van der Waals surface area contributed by atoms with Crippen molar-refractivity contribution in [3.05, 3.63) is 114 Å². The van der Waals surface area contributed by atoms with Crippen molar-refractivity contribution in [2.45, 2.75) is 59.2 Å². The molecule has 0 amide bonds. The van der Waals surface area contributed by atoms with E-state index in [1.165, 1.54) is 34.4 Å². The van der Waals surface area contributed by atoms with Crippen LogP contribution < -0.4 is 0 Å². The van der Waals surface area contributed by atoms with Crippen molar-refractivity contribution in [2.75, 3.05) is 6.54 Å². The topological polar surface area (TPSA) is 21.1 Å². The van der Waals surface area contributed by atoms with E-state index in [-0.39, 0.29) is 0 Å². The Balaban J connectivity index is 1.58. The predicted molar refractivity (Wildman–Crippen MR) is 143 cm³/mol. The van der Waals surface area contributed by atoms with Crippen molar-refractivity contribution in [1.29, 1.82) is 0 Å². The minimum absolute atomic E-state index is 0.895.